The summed E-state index contributed by atoms with van der Waals surface area (Å²) in [5.74, 6) is -0.219. The lowest BCUT2D eigenvalue weighted by molar-refractivity contribution is -0.140. The van der Waals surface area contributed by atoms with Crippen LogP contribution in [-0.4, -0.2) is 68.0 Å². The van der Waals surface area contributed by atoms with Crippen molar-refractivity contribution in [3.8, 4) is 11.5 Å². The Labute approximate surface area is 176 Å². The van der Waals surface area contributed by atoms with Gasteiger partial charge < -0.3 is 24.4 Å². The van der Waals surface area contributed by atoms with E-state index in [9.17, 15) is 14.7 Å². The number of likely N-dealkylation sites (N-methyl/N-ethyl adjacent to an activating group) is 1. The highest BCUT2D eigenvalue weighted by Crippen LogP contribution is 2.39. The molecule has 0 radical (unpaired) electrons. The van der Waals surface area contributed by atoms with E-state index in [0.29, 0.717) is 30.2 Å². The Kier molecular flexibility index (Phi) is 6.42. The molecule has 0 bridgehead atoms. The van der Waals surface area contributed by atoms with Crippen molar-refractivity contribution >= 4 is 17.4 Å². The summed E-state index contributed by atoms with van der Waals surface area (Å²) < 4.78 is 10.4. The van der Waals surface area contributed by atoms with Crippen molar-refractivity contribution in [2.24, 2.45) is 0 Å². The number of benzene rings is 2. The molecular formula is C23H26N2O5. The van der Waals surface area contributed by atoms with Gasteiger partial charge in [0.2, 0.25) is 0 Å². The smallest absolute Gasteiger partial charge is 0.295 e. The molecule has 7 nitrogen and oxygen atoms in total. The van der Waals surface area contributed by atoms with E-state index < -0.39 is 17.7 Å². The minimum atomic E-state index is -0.692. The molecule has 0 aromatic heterocycles. The van der Waals surface area contributed by atoms with Gasteiger partial charge in [0.15, 0.2) is 0 Å². The van der Waals surface area contributed by atoms with Crippen LogP contribution in [0.25, 0.3) is 5.76 Å². The number of amides is 1. The second kappa shape index (κ2) is 9.00. The standard InChI is InChI=1S/C23H26N2O5/c1-24(2)13-14-25-20(15-5-9-17(29-3)10-6-15)19(22(27)23(25)28)21(26)16-7-11-18(30-4)12-8-16/h5-12,20,26H,13-14H2,1-4H3/b21-19-. The second-order valence-corrected chi connectivity index (χ2v) is 7.30. The maximum Gasteiger partial charge on any atom is 0.295 e. The van der Waals surface area contributed by atoms with E-state index in [4.69, 9.17) is 9.47 Å². The summed E-state index contributed by atoms with van der Waals surface area (Å²) in [7, 11) is 6.92. The Morgan fingerprint density at radius 1 is 0.967 bits per heavy atom. The predicted molar refractivity (Wildman–Crippen MR) is 114 cm³/mol. The molecule has 1 aliphatic heterocycles. The monoisotopic (exact) mass is 410 g/mol. The lowest BCUT2D eigenvalue weighted by Crippen LogP contribution is -2.35. The zero-order valence-electron chi connectivity index (χ0n) is 17.6. The summed E-state index contributed by atoms with van der Waals surface area (Å²) in [5.41, 5.74) is 1.25. The number of Topliss-reactive ketones (excluding diaryl/α,β-unsaturated/α-hetero) is 1. The number of aliphatic hydroxyl groups excluding tert-OH is 1. The van der Waals surface area contributed by atoms with Gasteiger partial charge in [-0.3, -0.25) is 9.59 Å². The average Bonchev–Trinajstić information content (AvgIpc) is 3.02. The van der Waals surface area contributed by atoms with Crippen molar-refractivity contribution in [1.82, 2.24) is 9.80 Å². The van der Waals surface area contributed by atoms with Crippen LogP contribution in [0.2, 0.25) is 0 Å². The van der Waals surface area contributed by atoms with Gasteiger partial charge in [-0.15, -0.1) is 0 Å². The first-order valence-electron chi connectivity index (χ1n) is 9.59. The highest BCUT2D eigenvalue weighted by atomic mass is 16.5. The molecule has 2 aromatic carbocycles. The molecule has 158 valence electrons. The average molecular weight is 410 g/mol. The van der Waals surface area contributed by atoms with Crippen molar-refractivity contribution < 1.29 is 24.2 Å². The van der Waals surface area contributed by atoms with Crippen LogP contribution in [-0.2, 0) is 9.59 Å². The molecule has 7 heteroatoms. The molecular weight excluding hydrogens is 384 g/mol. The highest BCUT2D eigenvalue weighted by Gasteiger charge is 2.45. The van der Waals surface area contributed by atoms with Crippen LogP contribution < -0.4 is 9.47 Å². The Balaban J connectivity index is 2.11. The predicted octanol–water partition coefficient (Wildman–Crippen LogP) is 2.69. The van der Waals surface area contributed by atoms with E-state index in [-0.39, 0.29) is 11.3 Å². The van der Waals surface area contributed by atoms with Crippen molar-refractivity contribution in [3.05, 3.63) is 65.2 Å². The van der Waals surface area contributed by atoms with Gasteiger partial charge in [0, 0.05) is 18.7 Å². The van der Waals surface area contributed by atoms with Crippen LogP contribution >= 0.6 is 0 Å². The number of hydrogen-bond acceptors (Lipinski definition) is 6. The number of ketones is 1. The third-order valence-electron chi connectivity index (χ3n) is 5.12. The van der Waals surface area contributed by atoms with E-state index in [1.54, 1.807) is 62.8 Å². The fourth-order valence-corrected chi connectivity index (χ4v) is 3.46. The maximum atomic E-state index is 12.9. The van der Waals surface area contributed by atoms with E-state index in [2.05, 4.69) is 0 Å². The molecule has 0 aliphatic carbocycles. The molecule has 1 atom stereocenters. The van der Waals surface area contributed by atoms with Gasteiger partial charge in [-0.05, 0) is 56.1 Å². The molecule has 1 N–H and O–H groups in total. The van der Waals surface area contributed by atoms with Gasteiger partial charge in [0.25, 0.3) is 11.7 Å². The van der Waals surface area contributed by atoms with Crippen LogP contribution in [0.3, 0.4) is 0 Å². The van der Waals surface area contributed by atoms with E-state index in [0.717, 1.165) is 5.56 Å². The summed E-state index contributed by atoms with van der Waals surface area (Å²) in [5, 5.41) is 11.0. The highest BCUT2D eigenvalue weighted by molar-refractivity contribution is 6.46. The van der Waals surface area contributed by atoms with E-state index in [1.807, 2.05) is 19.0 Å². The summed E-state index contributed by atoms with van der Waals surface area (Å²) in [6.07, 6.45) is 0. The SMILES string of the molecule is COc1ccc(/C(O)=C2/C(=O)C(=O)N(CCN(C)C)C2c2ccc(OC)cc2)cc1. The minimum absolute atomic E-state index is 0.0779. The van der Waals surface area contributed by atoms with Crippen LogP contribution in [0.1, 0.15) is 17.2 Å². The van der Waals surface area contributed by atoms with Gasteiger partial charge in [-0.1, -0.05) is 12.1 Å². The molecule has 0 saturated carbocycles. The minimum Gasteiger partial charge on any atom is -0.507 e. The van der Waals surface area contributed by atoms with Crippen LogP contribution in [0, 0.1) is 0 Å². The molecule has 1 heterocycles. The van der Waals surface area contributed by atoms with Crippen LogP contribution in [0.15, 0.2) is 54.1 Å². The Hall–Kier alpha value is -3.32. The Morgan fingerprint density at radius 2 is 1.50 bits per heavy atom. The number of nitrogens with zero attached hydrogens (tertiary/aromatic N) is 2. The zero-order chi connectivity index (χ0) is 21.8. The fraction of sp³-hybridized carbons (Fsp3) is 0.304. The number of hydrogen-bond donors (Lipinski definition) is 1. The van der Waals surface area contributed by atoms with E-state index >= 15 is 0 Å². The number of rotatable bonds is 7. The summed E-state index contributed by atoms with van der Waals surface area (Å²) >= 11 is 0. The lowest BCUT2D eigenvalue weighted by atomic mass is 9.95. The zero-order valence-corrected chi connectivity index (χ0v) is 17.6. The van der Waals surface area contributed by atoms with Gasteiger partial charge in [-0.2, -0.15) is 0 Å². The van der Waals surface area contributed by atoms with E-state index in [1.165, 1.54) is 4.90 Å². The third kappa shape index (κ3) is 4.16. The first-order chi connectivity index (χ1) is 14.4. The molecule has 2 aromatic rings. The number of ether oxygens (including phenoxy) is 2. The number of aliphatic hydroxyl groups is 1. The van der Waals surface area contributed by atoms with Gasteiger partial charge >= 0.3 is 0 Å². The second-order valence-electron chi connectivity index (χ2n) is 7.30. The van der Waals surface area contributed by atoms with Crippen LogP contribution in [0.5, 0.6) is 11.5 Å². The summed E-state index contributed by atoms with van der Waals surface area (Å²) in [6.45, 7) is 0.940. The number of likely N-dealkylation sites (tertiary alicyclic amines) is 1. The first-order valence-corrected chi connectivity index (χ1v) is 9.59. The van der Waals surface area contributed by atoms with Gasteiger partial charge in [0.1, 0.15) is 17.3 Å². The summed E-state index contributed by atoms with van der Waals surface area (Å²) in [4.78, 5) is 29.2. The molecule has 3 rings (SSSR count). The maximum absolute atomic E-state index is 12.9. The Bertz CT molecular complexity index is 949. The number of carbonyl (C=O) groups is 2. The largest absolute Gasteiger partial charge is 0.507 e. The normalized spacial score (nSPS) is 18.2. The van der Waals surface area contributed by atoms with Crippen molar-refractivity contribution in [3.63, 3.8) is 0 Å². The lowest BCUT2D eigenvalue weighted by Gasteiger charge is -2.26. The molecule has 1 unspecified atom stereocenters. The first kappa shape index (κ1) is 21.4. The topological polar surface area (TPSA) is 79.3 Å². The fourth-order valence-electron chi connectivity index (χ4n) is 3.46. The van der Waals surface area contributed by atoms with Crippen molar-refractivity contribution in [2.45, 2.75) is 6.04 Å². The van der Waals surface area contributed by atoms with Crippen molar-refractivity contribution in [2.75, 3.05) is 41.4 Å². The summed E-state index contributed by atoms with van der Waals surface area (Å²) in [6, 6.07) is 13.2. The molecule has 1 saturated heterocycles. The number of carbonyl (C=O) groups excluding carboxylic acids is 2. The van der Waals surface area contributed by atoms with Gasteiger partial charge in [-0.25, -0.2) is 0 Å². The number of methoxy groups -OCH3 is 2. The quantitative estimate of drug-likeness (QED) is 0.430. The van der Waals surface area contributed by atoms with Crippen molar-refractivity contribution in [1.29, 1.82) is 0 Å². The Morgan fingerprint density at radius 3 is 2.00 bits per heavy atom. The van der Waals surface area contributed by atoms with Gasteiger partial charge in [0.05, 0.1) is 25.8 Å². The molecule has 1 amide bonds. The third-order valence-corrected chi connectivity index (χ3v) is 5.12. The van der Waals surface area contributed by atoms with Crippen LogP contribution in [0.4, 0.5) is 0 Å². The molecule has 1 aliphatic rings. The molecule has 1 fully saturated rings. The molecule has 0 spiro atoms. The molecule has 30 heavy (non-hydrogen) atoms.